The summed E-state index contributed by atoms with van der Waals surface area (Å²) in [6.45, 7) is 1.99. The Labute approximate surface area is 237 Å². The first-order chi connectivity index (χ1) is 17.9. The Morgan fingerprint density at radius 2 is 1.61 bits per heavy atom. The van der Waals surface area contributed by atoms with Gasteiger partial charge in [0, 0.05) is 49.3 Å². The molecular formula is C31H24N3O2PPt. The number of nitrogens with zero attached hydrogens (tertiary/aromatic N) is 3. The predicted octanol–water partition coefficient (Wildman–Crippen LogP) is 5.53. The Balaban J connectivity index is 0.00000294. The van der Waals surface area contributed by atoms with Gasteiger partial charge in [-0.05, 0) is 36.2 Å². The van der Waals surface area contributed by atoms with Crippen molar-refractivity contribution in [3.8, 4) is 33.9 Å². The van der Waals surface area contributed by atoms with Gasteiger partial charge in [-0.25, -0.2) is 16.1 Å². The van der Waals surface area contributed by atoms with Gasteiger partial charge in [0.2, 0.25) is 5.88 Å². The van der Waals surface area contributed by atoms with Gasteiger partial charge < -0.3 is 14.2 Å². The Morgan fingerprint density at radius 1 is 0.816 bits per heavy atom. The van der Waals surface area contributed by atoms with Crippen LogP contribution in [0.15, 0.2) is 91.3 Å². The molecule has 1 atom stereocenters. The summed E-state index contributed by atoms with van der Waals surface area (Å²) in [5.74, 6) is 1.03. The monoisotopic (exact) mass is 696 g/mol. The fourth-order valence-corrected chi connectivity index (χ4v) is 7.62. The van der Waals surface area contributed by atoms with Crippen LogP contribution in [0.2, 0.25) is 0 Å². The van der Waals surface area contributed by atoms with Crippen molar-refractivity contribution in [2.45, 2.75) is 6.92 Å². The van der Waals surface area contributed by atoms with E-state index in [0.717, 1.165) is 38.8 Å². The average Bonchev–Trinajstić information content (AvgIpc) is 3.18. The number of anilines is 1. The molecule has 0 bridgehead atoms. The maximum Gasteiger partial charge on any atom is 2.00 e. The molecule has 0 saturated heterocycles. The maximum atomic E-state index is 14.8. The van der Waals surface area contributed by atoms with Gasteiger partial charge in [-0.15, -0.1) is 18.2 Å². The number of ether oxygens (including phenoxy) is 1. The van der Waals surface area contributed by atoms with Gasteiger partial charge in [0.25, 0.3) is 0 Å². The molecule has 1 unspecified atom stereocenters. The second-order valence-electron chi connectivity index (χ2n) is 9.23. The predicted molar refractivity (Wildman–Crippen MR) is 149 cm³/mol. The summed E-state index contributed by atoms with van der Waals surface area (Å²) in [6, 6.07) is 32.1. The van der Waals surface area contributed by atoms with E-state index >= 15 is 0 Å². The van der Waals surface area contributed by atoms with Crippen LogP contribution in [0.1, 0.15) is 5.56 Å². The van der Waals surface area contributed by atoms with Crippen LogP contribution in [0.3, 0.4) is 0 Å². The molecule has 1 aliphatic rings. The molecule has 0 saturated carbocycles. The van der Waals surface area contributed by atoms with Crippen molar-refractivity contribution < 1.29 is 30.4 Å². The number of hydrogen-bond donors (Lipinski definition) is 0. The van der Waals surface area contributed by atoms with Crippen LogP contribution in [0.25, 0.3) is 22.3 Å². The number of rotatable bonds is 5. The van der Waals surface area contributed by atoms with E-state index in [1.54, 1.807) is 12.4 Å². The number of fused-ring (bicyclic) bond motifs is 3. The molecule has 6 rings (SSSR count). The second-order valence-corrected chi connectivity index (χ2v) is 11.8. The molecular weight excluding hydrogens is 672 g/mol. The quantitative estimate of drug-likeness (QED) is 0.176. The number of hydrogen-bond acceptors (Lipinski definition) is 5. The first-order valence-corrected chi connectivity index (χ1v) is 13.7. The Morgan fingerprint density at radius 3 is 2.42 bits per heavy atom. The molecule has 3 aromatic carbocycles. The summed E-state index contributed by atoms with van der Waals surface area (Å²) in [5, 5.41) is 1.49. The van der Waals surface area contributed by atoms with Crippen LogP contribution in [-0.2, 0) is 25.6 Å². The minimum absolute atomic E-state index is 0. The molecule has 3 heterocycles. The third-order valence-corrected chi connectivity index (χ3v) is 9.45. The van der Waals surface area contributed by atoms with Crippen LogP contribution in [0, 0.1) is 19.1 Å². The fraction of sp³-hybridized carbons (Fsp3) is 0.0968. The van der Waals surface area contributed by atoms with Crippen molar-refractivity contribution in [1.82, 2.24) is 9.97 Å². The third kappa shape index (κ3) is 4.51. The molecule has 1 aliphatic heterocycles. The van der Waals surface area contributed by atoms with E-state index in [2.05, 4.69) is 22.1 Å². The second kappa shape index (κ2) is 10.3. The van der Waals surface area contributed by atoms with Crippen molar-refractivity contribution >= 4 is 28.9 Å². The Hall–Kier alpha value is -3.52. The van der Waals surface area contributed by atoms with Gasteiger partial charge in [-0.3, -0.25) is 4.98 Å². The van der Waals surface area contributed by atoms with E-state index in [1.807, 2.05) is 105 Å². The summed E-state index contributed by atoms with van der Waals surface area (Å²) < 4.78 is 20.9. The number of pyridine rings is 2. The van der Waals surface area contributed by atoms with Crippen LogP contribution < -0.4 is 25.7 Å². The smallest absolute Gasteiger partial charge is 0.460 e. The molecule has 0 N–H and O–H groups in total. The van der Waals surface area contributed by atoms with Crippen LogP contribution >= 0.6 is 7.14 Å². The van der Waals surface area contributed by atoms with E-state index in [-0.39, 0.29) is 21.1 Å². The number of aromatic nitrogens is 2. The fourth-order valence-electron chi connectivity index (χ4n) is 4.64. The molecule has 190 valence electrons. The van der Waals surface area contributed by atoms with Gasteiger partial charge in [-0.2, -0.15) is 24.3 Å². The Bertz CT molecular complexity index is 1700. The SMILES string of the molecule is Cc1ccnc(P2(=O)c3[c-]c(-c4[c-]c(Oc5cc(N(C)C)ccn5)ccc4)ccc3-c3ccccc32)c1.[Pt+2]. The van der Waals surface area contributed by atoms with Gasteiger partial charge in [0.15, 0.2) is 7.14 Å². The van der Waals surface area contributed by atoms with E-state index in [4.69, 9.17) is 4.74 Å². The maximum absolute atomic E-state index is 14.8. The molecule has 2 aromatic heterocycles. The summed E-state index contributed by atoms with van der Waals surface area (Å²) >= 11 is 0. The zero-order chi connectivity index (χ0) is 25.6. The summed E-state index contributed by atoms with van der Waals surface area (Å²) in [7, 11) is 0.757. The van der Waals surface area contributed by atoms with Crippen LogP contribution in [0.5, 0.6) is 11.6 Å². The molecule has 5 aromatic rings. The molecule has 7 heteroatoms. The molecule has 0 aliphatic carbocycles. The minimum Gasteiger partial charge on any atom is -0.460 e. The van der Waals surface area contributed by atoms with Gasteiger partial charge in [-0.1, -0.05) is 35.1 Å². The Kier molecular flexibility index (Phi) is 7.09. The molecule has 0 spiro atoms. The molecule has 0 amide bonds. The summed E-state index contributed by atoms with van der Waals surface area (Å²) in [4.78, 5) is 10.9. The van der Waals surface area contributed by atoms with Gasteiger partial charge in [0.1, 0.15) is 5.44 Å². The molecule has 38 heavy (non-hydrogen) atoms. The van der Waals surface area contributed by atoms with E-state index in [9.17, 15) is 4.57 Å². The molecule has 0 fully saturated rings. The topological polar surface area (TPSA) is 55.3 Å². The van der Waals surface area contributed by atoms with Crippen molar-refractivity contribution in [2.24, 2.45) is 0 Å². The summed E-state index contributed by atoms with van der Waals surface area (Å²) in [5.41, 5.74) is 6.09. The zero-order valence-electron chi connectivity index (χ0n) is 21.1. The van der Waals surface area contributed by atoms with Crippen LogP contribution in [-0.4, -0.2) is 24.1 Å². The zero-order valence-corrected chi connectivity index (χ0v) is 24.2. The average molecular weight is 697 g/mol. The number of aryl methyl sites for hydroxylation is 1. The van der Waals surface area contributed by atoms with E-state index in [1.165, 1.54) is 0 Å². The first-order valence-electron chi connectivity index (χ1n) is 12.0. The van der Waals surface area contributed by atoms with Crippen molar-refractivity contribution in [2.75, 3.05) is 19.0 Å². The van der Waals surface area contributed by atoms with Crippen molar-refractivity contribution in [3.63, 3.8) is 0 Å². The minimum atomic E-state index is -3.18. The van der Waals surface area contributed by atoms with Crippen molar-refractivity contribution in [3.05, 3.63) is 109 Å². The van der Waals surface area contributed by atoms with Crippen molar-refractivity contribution in [1.29, 1.82) is 0 Å². The number of benzene rings is 3. The van der Waals surface area contributed by atoms with E-state index in [0.29, 0.717) is 22.4 Å². The van der Waals surface area contributed by atoms with Gasteiger partial charge in [0.05, 0.1) is 0 Å². The van der Waals surface area contributed by atoms with Gasteiger partial charge >= 0.3 is 21.1 Å². The first kappa shape index (κ1) is 26.1. The van der Waals surface area contributed by atoms with Crippen LogP contribution in [0.4, 0.5) is 5.69 Å². The molecule has 0 radical (unpaired) electrons. The largest absolute Gasteiger partial charge is 2.00 e. The molecule has 5 nitrogen and oxygen atoms in total. The standard InChI is InChI=1S/C31H24N3O2P.Pt/c1-21-13-15-33-31(17-21)37(35)28-10-5-4-9-26(28)27-12-11-23(19-29(27)37)22-7-6-8-25(18-22)36-30-20-24(34(2)3)14-16-32-30;/h4-17,20H,1-3H3;/q-2;+2. The normalized spacial score (nSPS) is 15.2. The third-order valence-electron chi connectivity index (χ3n) is 6.50. The van der Waals surface area contributed by atoms with E-state index < -0.39 is 7.14 Å². The summed E-state index contributed by atoms with van der Waals surface area (Å²) in [6.07, 6.45) is 3.44.